The van der Waals surface area contributed by atoms with Crippen molar-refractivity contribution in [3.8, 4) is 0 Å². The fourth-order valence-corrected chi connectivity index (χ4v) is 3.42. The van der Waals surface area contributed by atoms with Crippen LogP contribution in [0, 0.1) is 0 Å². The summed E-state index contributed by atoms with van der Waals surface area (Å²) in [5, 5.41) is 6.38. The number of nitrogens with zero attached hydrogens (tertiary/aromatic N) is 1. The third-order valence-electron chi connectivity index (χ3n) is 4.90. The molecule has 0 fully saturated rings. The van der Waals surface area contributed by atoms with Gasteiger partial charge in [-0.1, -0.05) is 48.9 Å². The Labute approximate surface area is 145 Å². The Morgan fingerprint density at radius 1 is 0.917 bits per heavy atom. The number of benzene rings is 2. The molecule has 3 aromatic rings. The number of hydrogen-bond acceptors (Lipinski definition) is 1. The van der Waals surface area contributed by atoms with Crippen LogP contribution < -0.4 is 5.32 Å². The number of hydrogen-bond donors (Lipinski definition) is 1. The average molecular weight is 320 g/mol. The summed E-state index contributed by atoms with van der Waals surface area (Å²) in [5.41, 5.74) is 2.84. The van der Waals surface area contributed by atoms with E-state index in [0.717, 1.165) is 6.54 Å². The summed E-state index contributed by atoms with van der Waals surface area (Å²) in [6.07, 6.45) is 7.09. The molecule has 0 amide bonds. The van der Waals surface area contributed by atoms with Crippen LogP contribution in [0.3, 0.4) is 0 Å². The van der Waals surface area contributed by atoms with E-state index in [9.17, 15) is 0 Å². The molecule has 0 aliphatic heterocycles. The van der Waals surface area contributed by atoms with Gasteiger partial charge in [-0.05, 0) is 61.2 Å². The highest BCUT2D eigenvalue weighted by atomic mass is 14.9. The predicted molar refractivity (Wildman–Crippen MR) is 103 cm³/mol. The standard InChI is InChI=1S/C22H28N2/c1-18(21-15-8-11-19-10-5-6-14-22(19)21)23-16-7-3-4-12-20-13-9-17-24(20)2/h5-6,8-11,13-15,17-18,23H,3-4,7,12,16H2,1-2H3. The van der Waals surface area contributed by atoms with Crippen LogP contribution in [-0.2, 0) is 13.5 Å². The van der Waals surface area contributed by atoms with E-state index in [1.54, 1.807) is 0 Å². The lowest BCUT2D eigenvalue weighted by Crippen LogP contribution is -2.20. The van der Waals surface area contributed by atoms with Gasteiger partial charge >= 0.3 is 0 Å². The smallest absolute Gasteiger partial charge is 0.0297 e. The Hall–Kier alpha value is -2.06. The monoisotopic (exact) mass is 320 g/mol. The van der Waals surface area contributed by atoms with Gasteiger partial charge in [0.25, 0.3) is 0 Å². The fourth-order valence-electron chi connectivity index (χ4n) is 3.42. The Balaban J connectivity index is 1.44. The lowest BCUT2D eigenvalue weighted by Gasteiger charge is -2.16. The minimum Gasteiger partial charge on any atom is -0.354 e. The van der Waals surface area contributed by atoms with E-state index in [1.807, 2.05) is 0 Å². The summed E-state index contributed by atoms with van der Waals surface area (Å²) in [4.78, 5) is 0. The molecule has 1 aromatic heterocycles. The second-order valence-corrected chi connectivity index (χ2v) is 6.67. The van der Waals surface area contributed by atoms with Gasteiger partial charge in [-0.3, -0.25) is 0 Å². The molecule has 3 rings (SSSR count). The zero-order valence-corrected chi connectivity index (χ0v) is 14.8. The van der Waals surface area contributed by atoms with Crippen molar-refractivity contribution in [3.05, 3.63) is 72.1 Å². The first-order valence-electron chi connectivity index (χ1n) is 9.07. The maximum Gasteiger partial charge on any atom is 0.0297 e. The van der Waals surface area contributed by atoms with Crippen LogP contribution in [0.4, 0.5) is 0 Å². The number of aromatic nitrogens is 1. The molecule has 1 unspecified atom stereocenters. The second-order valence-electron chi connectivity index (χ2n) is 6.67. The van der Waals surface area contributed by atoms with E-state index in [4.69, 9.17) is 0 Å². The van der Waals surface area contributed by atoms with Crippen LogP contribution in [0.25, 0.3) is 10.8 Å². The Morgan fingerprint density at radius 3 is 2.58 bits per heavy atom. The van der Waals surface area contributed by atoms with Crippen LogP contribution in [0.15, 0.2) is 60.8 Å². The SMILES string of the molecule is CC(NCCCCCc1cccn1C)c1cccc2ccccc12. The van der Waals surface area contributed by atoms with E-state index in [2.05, 4.69) is 84.6 Å². The number of nitrogens with one attached hydrogen (secondary N) is 1. The van der Waals surface area contributed by atoms with Crippen molar-refractivity contribution in [2.75, 3.05) is 6.54 Å². The topological polar surface area (TPSA) is 17.0 Å². The van der Waals surface area contributed by atoms with Gasteiger partial charge in [0.1, 0.15) is 0 Å². The molecule has 0 bridgehead atoms. The van der Waals surface area contributed by atoms with Crippen LogP contribution in [0.1, 0.15) is 43.5 Å². The third-order valence-corrected chi connectivity index (χ3v) is 4.90. The Bertz CT molecular complexity index is 767. The van der Waals surface area contributed by atoms with E-state index in [1.165, 1.54) is 47.7 Å². The summed E-state index contributed by atoms with van der Waals surface area (Å²) < 4.78 is 2.22. The quantitative estimate of drug-likeness (QED) is 0.561. The Morgan fingerprint density at radius 2 is 1.75 bits per heavy atom. The van der Waals surface area contributed by atoms with Crippen molar-refractivity contribution in [3.63, 3.8) is 0 Å². The highest BCUT2D eigenvalue weighted by Crippen LogP contribution is 2.24. The molecule has 0 saturated carbocycles. The first kappa shape index (κ1) is 16.8. The molecule has 1 heterocycles. The van der Waals surface area contributed by atoms with Crippen LogP contribution in [-0.4, -0.2) is 11.1 Å². The van der Waals surface area contributed by atoms with Gasteiger partial charge in [-0.15, -0.1) is 0 Å². The highest BCUT2D eigenvalue weighted by Gasteiger charge is 2.08. The second kappa shape index (κ2) is 8.16. The molecule has 0 saturated heterocycles. The van der Waals surface area contributed by atoms with Gasteiger partial charge in [-0.25, -0.2) is 0 Å². The molecule has 0 aliphatic rings. The van der Waals surface area contributed by atoms with Crippen LogP contribution in [0.2, 0.25) is 0 Å². The summed E-state index contributed by atoms with van der Waals surface area (Å²) in [7, 11) is 2.13. The van der Waals surface area contributed by atoms with Crippen LogP contribution >= 0.6 is 0 Å². The minimum absolute atomic E-state index is 0.393. The maximum absolute atomic E-state index is 3.69. The third kappa shape index (κ3) is 4.07. The molecule has 126 valence electrons. The predicted octanol–water partition coefficient (Wildman–Crippen LogP) is 5.24. The molecular formula is C22H28N2. The molecule has 0 radical (unpaired) electrons. The highest BCUT2D eigenvalue weighted by molar-refractivity contribution is 5.86. The molecular weight excluding hydrogens is 292 g/mol. The van der Waals surface area contributed by atoms with E-state index < -0.39 is 0 Å². The molecule has 1 N–H and O–H groups in total. The molecule has 1 atom stereocenters. The summed E-state index contributed by atoms with van der Waals surface area (Å²) in [5.74, 6) is 0. The van der Waals surface area contributed by atoms with E-state index >= 15 is 0 Å². The first-order chi connectivity index (χ1) is 11.8. The first-order valence-corrected chi connectivity index (χ1v) is 9.07. The summed E-state index contributed by atoms with van der Waals surface area (Å²) >= 11 is 0. The summed E-state index contributed by atoms with van der Waals surface area (Å²) in [6, 6.07) is 20.0. The van der Waals surface area contributed by atoms with Gasteiger partial charge in [-0.2, -0.15) is 0 Å². The molecule has 2 nitrogen and oxygen atoms in total. The Kier molecular flexibility index (Phi) is 5.71. The zero-order chi connectivity index (χ0) is 16.8. The fraction of sp³-hybridized carbons (Fsp3) is 0.364. The largest absolute Gasteiger partial charge is 0.354 e. The molecule has 2 heteroatoms. The number of fused-ring (bicyclic) bond motifs is 1. The lowest BCUT2D eigenvalue weighted by atomic mass is 9.99. The van der Waals surface area contributed by atoms with Gasteiger partial charge in [0, 0.05) is 25.0 Å². The van der Waals surface area contributed by atoms with Crippen molar-refractivity contribution in [1.29, 1.82) is 0 Å². The normalized spacial score (nSPS) is 12.6. The van der Waals surface area contributed by atoms with Crippen molar-refractivity contribution in [2.24, 2.45) is 7.05 Å². The van der Waals surface area contributed by atoms with E-state index in [0.29, 0.717) is 6.04 Å². The van der Waals surface area contributed by atoms with Crippen LogP contribution in [0.5, 0.6) is 0 Å². The number of unbranched alkanes of at least 4 members (excludes halogenated alkanes) is 2. The summed E-state index contributed by atoms with van der Waals surface area (Å²) in [6.45, 7) is 3.35. The zero-order valence-electron chi connectivity index (χ0n) is 14.8. The lowest BCUT2D eigenvalue weighted by molar-refractivity contribution is 0.538. The van der Waals surface area contributed by atoms with Gasteiger partial charge in [0.15, 0.2) is 0 Å². The average Bonchev–Trinajstić information content (AvgIpc) is 3.02. The molecule has 24 heavy (non-hydrogen) atoms. The van der Waals surface area contributed by atoms with E-state index in [-0.39, 0.29) is 0 Å². The van der Waals surface area contributed by atoms with Crippen molar-refractivity contribution in [2.45, 2.75) is 38.6 Å². The molecule has 0 spiro atoms. The molecule has 0 aliphatic carbocycles. The minimum atomic E-state index is 0.393. The van der Waals surface area contributed by atoms with Crippen molar-refractivity contribution >= 4 is 10.8 Å². The number of rotatable bonds is 8. The maximum atomic E-state index is 3.69. The van der Waals surface area contributed by atoms with Crippen molar-refractivity contribution < 1.29 is 0 Å². The molecule has 2 aromatic carbocycles. The number of aryl methyl sites for hydroxylation is 2. The van der Waals surface area contributed by atoms with Gasteiger partial charge < -0.3 is 9.88 Å². The van der Waals surface area contributed by atoms with Gasteiger partial charge in [0.2, 0.25) is 0 Å². The van der Waals surface area contributed by atoms with Crippen molar-refractivity contribution in [1.82, 2.24) is 9.88 Å². The van der Waals surface area contributed by atoms with Gasteiger partial charge in [0.05, 0.1) is 0 Å².